The van der Waals surface area contributed by atoms with Crippen LogP contribution < -0.4 is 11.3 Å². The van der Waals surface area contributed by atoms with Crippen molar-refractivity contribution in [1.82, 2.24) is 0 Å². The zero-order chi connectivity index (χ0) is 9.42. The van der Waals surface area contributed by atoms with Crippen molar-refractivity contribution in [2.45, 2.75) is 6.92 Å². The molecule has 0 amide bonds. The summed E-state index contributed by atoms with van der Waals surface area (Å²) in [7, 11) is 0. The van der Waals surface area contributed by atoms with Gasteiger partial charge in [0.1, 0.15) is 0 Å². The molecular weight excluding hydrogens is 172 g/mol. The van der Waals surface area contributed by atoms with Gasteiger partial charge in [0, 0.05) is 12.1 Å². The van der Waals surface area contributed by atoms with Gasteiger partial charge in [0.15, 0.2) is 0 Å². The van der Waals surface area contributed by atoms with Gasteiger partial charge in [-0.3, -0.25) is 0 Å². The third-order valence-corrected chi connectivity index (χ3v) is 1.75. The second kappa shape index (κ2) is 2.58. The van der Waals surface area contributed by atoms with Crippen molar-refractivity contribution in [1.29, 1.82) is 0 Å². The van der Waals surface area contributed by atoms with E-state index < -0.39 is 11.3 Å². The van der Waals surface area contributed by atoms with E-state index in [4.69, 9.17) is 8.83 Å². The zero-order valence-electron chi connectivity index (χ0n) is 6.87. The SMILES string of the molecule is Cc1cc(=O)oc2oc(=O)ccc12. The van der Waals surface area contributed by atoms with Gasteiger partial charge < -0.3 is 8.83 Å². The first-order valence-electron chi connectivity index (χ1n) is 3.71. The zero-order valence-corrected chi connectivity index (χ0v) is 6.87. The third-order valence-electron chi connectivity index (χ3n) is 1.75. The predicted molar refractivity (Wildman–Crippen MR) is 45.8 cm³/mol. The second-order valence-corrected chi connectivity index (χ2v) is 2.70. The van der Waals surface area contributed by atoms with Crippen LogP contribution in [0.2, 0.25) is 0 Å². The Balaban J connectivity index is 3.03. The highest BCUT2D eigenvalue weighted by Crippen LogP contribution is 2.12. The van der Waals surface area contributed by atoms with Crippen molar-refractivity contribution in [3.8, 4) is 0 Å². The molecule has 0 saturated carbocycles. The molecular formula is C9H6O4. The first-order valence-corrected chi connectivity index (χ1v) is 3.71. The van der Waals surface area contributed by atoms with Crippen molar-refractivity contribution in [2.75, 3.05) is 0 Å². The summed E-state index contributed by atoms with van der Waals surface area (Å²) in [5.74, 6) is -0.0162. The number of hydrogen-bond donors (Lipinski definition) is 0. The molecule has 2 aromatic rings. The quantitative estimate of drug-likeness (QED) is 0.605. The predicted octanol–water partition coefficient (Wildman–Crippen LogP) is 1.05. The van der Waals surface area contributed by atoms with E-state index in [-0.39, 0.29) is 5.78 Å². The largest absolute Gasteiger partial charge is 0.389 e. The van der Waals surface area contributed by atoms with Gasteiger partial charge in [-0.15, -0.1) is 0 Å². The fourth-order valence-corrected chi connectivity index (χ4v) is 1.14. The van der Waals surface area contributed by atoms with Gasteiger partial charge in [-0.2, -0.15) is 0 Å². The highest BCUT2D eigenvalue weighted by atomic mass is 16.5. The van der Waals surface area contributed by atoms with E-state index in [2.05, 4.69) is 0 Å². The highest BCUT2D eigenvalue weighted by molar-refractivity contribution is 5.74. The monoisotopic (exact) mass is 178 g/mol. The van der Waals surface area contributed by atoms with Crippen molar-refractivity contribution in [3.63, 3.8) is 0 Å². The molecule has 0 aliphatic rings. The van der Waals surface area contributed by atoms with Crippen molar-refractivity contribution in [3.05, 3.63) is 44.6 Å². The van der Waals surface area contributed by atoms with Crippen LogP contribution in [0.5, 0.6) is 0 Å². The number of fused-ring (bicyclic) bond motifs is 1. The van der Waals surface area contributed by atoms with Gasteiger partial charge in [0.25, 0.3) is 0 Å². The molecule has 0 unspecified atom stereocenters. The van der Waals surface area contributed by atoms with E-state index in [1.807, 2.05) is 0 Å². The summed E-state index contributed by atoms with van der Waals surface area (Å²) in [5.41, 5.74) is -0.310. The van der Waals surface area contributed by atoms with Gasteiger partial charge in [-0.05, 0) is 18.6 Å². The van der Waals surface area contributed by atoms with Gasteiger partial charge in [-0.1, -0.05) is 0 Å². The molecule has 0 fully saturated rings. The molecule has 0 atom stereocenters. The Morgan fingerprint density at radius 3 is 2.54 bits per heavy atom. The van der Waals surface area contributed by atoms with E-state index in [0.717, 1.165) is 5.56 Å². The molecule has 13 heavy (non-hydrogen) atoms. The number of rotatable bonds is 0. The van der Waals surface area contributed by atoms with Crippen LogP contribution >= 0.6 is 0 Å². The fraction of sp³-hybridized carbons (Fsp3) is 0.111. The van der Waals surface area contributed by atoms with E-state index in [1.54, 1.807) is 13.0 Å². The van der Waals surface area contributed by atoms with Crippen molar-refractivity contribution >= 4 is 11.2 Å². The Labute approximate surface area is 72.4 Å². The van der Waals surface area contributed by atoms with Gasteiger partial charge >= 0.3 is 17.0 Å². The average molecular weight is 178 g/mol. The van der Waals surface area contributed by atoms with Crippen LogP contribution in [-0.4, -0.2) is 0 Å². The lowest BCUT2D eigenvalue weighted by Crippen LogP contribution is -2.01. The van der Waals surface area contributed by atoms with Crippen LogP contribution in [0.1, 0.15) is 5.56 Å². The molecule has 4 nitrogen and oxygen atoms in total. The van der Waals surface area contributed by atoms with E-state index in [1.165, 1.54) is 12.1 Å². The normalized spacial score (nSPS) is 10.5. The lowest BCUT2D eigenvalue weighted by atomic mass is 10.2. The minimum absolute atomic E-state index is 0.0162. The molecule has 2 aromatic heterocycles. The summed E-state index contributed by atoms with van der Waals surface area (Å²) in [6.45, 7) is 1.75. The van der Waals surface area contributed by atoms with Gasteiger partial charge in [0.2, 0.25) is 0 Å². The topological polar surface area (TPSA) is 60.4 Å². The van der Waals surface area contributed by atoms with Crippen LogP contribution in [0.4, 0.5) is 0 Å². The van der Waals surface area contributed by atoms with Crippen LogP contribution in [0.25, 0.3) is 11.2 Å². The van der Waals surface area contributed by atoms with E-state index in [9.17, 15) is 9.59 Å². The minimum atomic E-state index is -0.527. The van der Waals surface area contributed by atoms with Crippen LogP contribution in [0, 0.1) is 6.92 Å². The van der Waals surface area contributed by atoms with Crippen LogP contribution in [0.15, 0.2) is 36.6 Å². The smallest absolute Gasteiger partial charge is 0.338 e. The molecule has 0 aliphatic carbocycles. The van der Waals surface area contributed by atoms with Gasteiger partial charge in [0.05, 0.1) is 5.39 Å². The summed E-state index contributed by atoms with van der Waals surface area (Å²) in [6.07, 6.45) is 0. The van der Waals surface area contributed by atoms with Crippen molar-refractivity contribution in [2.24, 2.45) is 0 Å². The summed E-state index contributed by atoms with van der Waals surface area (Å²) in [6, 6.07) is 4.21. The maximum atomic E-state index is 10.9. The molecule has 0 radical (unpaired) electrons. The summed E-state index contributed by atoms with van der Waals surface area (Å²) < 4.78 is 9.40. The molecule has 0 aromatic carbocycles. The molecule has 2 heterocycles. The molecule has 0 saturated heterocycles. The number of hydrogen-bond acceptors (Lipinski definition) is 4. The molecule has 0 N–H and O–H groups in total. The standard InChI is InChI=1S/C9H6O4/c1-5-4-8(11)13-9-6(5)2-3-7(10)12-9/h2-4H,1H3. The van der Waals surface area contributed by atoms with E-state index in [0.29, 0.717) is 5.39 Å². The summed E-state index contributed by atoms with van der Waals surface area (Å²) in [5, 5.41) is 0.638. The first-order chi connectivity index (χ1) is 6.16. The molecule has 0 bridgehead atoms. The first kappa shape index (κ1) is 7.79. The Morgan fingerprint density at radius 1 is 1.08 bits per heavy atom. The lowest BCUT2D eigenvalue weighted by Gasteiger charge is -1.95. The Morgan fingerprint density at radius 2 is 1.77 bits per heavy atom. The molecule has 66 valence electrons. The minimum Gasteiger partial charge on any atom is -0.389 e. The second-order valence-electron chi connectivity index (χ2n) is 2.70. The summed E-state index contributed by atoms with van der Waals surface area (Å²) in [4.78, 5) is 21.7. The Hall–Kier alpha value is -1.84. The average Bonchev–Trinajstić information content (AvgIpc) is 2.02. The van der Waals surface area contributed by atoms with Crippen LogP contribution in [-0.2, 0) is 0 Å². The molecule has 0 spiro atoms. The lowest BCUT2D eigenvalue weighted by molar-refractivity contribution is 0.425. The molecule has 0 aliphatic heterocycles. The third kappa shape index (κ3) is 1.26. The van der Waals surface area contributed by atoms with E-state index >= 15 is 0 Å². The Bertz CT molecular complexity index is 556. The maximum absolute atomic E-state index is 10.9. The van der Waals surface area contributed by atoms with Crippen LogP contribution in [0.3, 0.4) is 0 Å². The van der Waals surface area contributed by atoms with Gasteiger partial charge in [-0.25, -0.2) is 9.59 Å². The fourth-order valence-electron chi connectivity index (χ4n) is 1.14. The molecule has 2 rings (SSSR count). The number of aryl methyl sites for hydroxylation is 1. The summed E-state index contributed by atoms with van der Waals surface area (Å²) >= 11 is 0. The molecule has 4 heteroatoms. The maximum Gasteiger partial charge on any atom is 0.338 e. The Kier molecular flexibility index (Phi) is 1.55. The highest BCUT2D eigenvalue weighted by Gasteiger charge is 2.03. The van der Waals surface area contributed by atoms with Crippen molar-refractivity contribution < 1.29 is 8.83 Å².